The zero-order valence-corrected chi connectivity index (χ0v) is 28.9. The number of halogens is 2. The highest BCUT2D eigenvalue weighted by Crippen LogP contribution is 2.40. The summed E-state index contributed by atoms with van der Waals surface area (Å²) < 4.78 is 40.9. The number of amides is 2. The molecule has 1 aromatic carbocycles. The number of hydrogen-bond acceptors (Lipinski definition) is 7. The minimum Gasteiger partial charge on any atom is -0.444 e. The number of nitrogens with zero attached hydrogens (tertiary/aromatic N) is 5. The van der Waals surface area contributed by atoms with Gasteiger partial charge in [0.1, 0.15) is 17.2 Å². The molecule has 0 radical (unpaired) electrons. The Morgan fingerprint density at radius 1 is 1.02 bits per heavy atom. The number of piperazine rings is 1. The van der Waals surface area contributed by atoms with Crippen molar-refractivity contribution in [2.45, 2.75) is 97.1 Å². The molecule has 2 fully saturated rings. The van der Waals surface area contributed by atoms with E-state index in [1.807, 2.05) is 41.5 Å². The lowest BCUT2D eigenvalue weighted by Crippen LogP contribution is -2.65. The molecule has 4 heterocycles. The Hall–Kier alpha value is -3.35. The molecular formula is C35H49F2N5O5. The van der Waals surface area contributed by atoms with E-state index in [1.54, 1.807) is 16.0 Å². The molecule has 0 saturated carbocycles. The summed E-state index contributed by atoms with van der Waals surface area (Å²) in [5, 5.41) is 0. The van der Waals surface area contributed by atoms with Crippen LogP contribution in [0.2, 0.25) is 0 Å². The summed E-state index contributed by atoms with van der Waals surface area (Å²) in [6.07, 6.45) is 1.25. The van der Waals surface area contributed by atoms with Crippen molar-refractivity contribution in [3.63, 3.8) is 0 Å². The quantitative estimate of drug-likeness (QED) is 0.460. The summed E-state index contributed by atoms with van der Waals surface area (Å²) in [6.45, 7) is 18.9. The fourth-order valence-electron chi connectivity index (χ4n) is 7.01. The zero-order chi connectivity index (χ0) is 34.4. The minimum atomic E-state index is -0.736. The highest BCUT2D eigenvalue weighted by atomic mass is 19.1. The van der Waals surface area contributed by atoms with E-state index in [0.29, 0.717) is 45.1 Å². The topological polar surface area (TPSA) is 87.6 Å². The first-order chi connectivity index (χ1) is 21.9. The average molecular weight is 658 g/mol. The van der Waals surface area contributed by atoms with Crippen molar-refractivity contribution in [2.24, 2.45) is 0 Å². The van der Waals surface area contributed by atoms with E-state index in [0.717, 1.165) is 17.7 Å². The minimum absolute atomic E-state index is 0.0944. The number of carbonyl (C=O) groups excluding carboxylic acids is 2. The molecule has 5 rings (SSSR count). The van der Waals surface area contributed by atoms with Crippen LogP contribution in [0.15, 0.2) is 35.3 Å². The molecule has 2 saturated heterocycles. The van der Waals surface area contributed by atoms with Gasteiger partial charge in [-0.25, -0.2) is 13.6 Å². The van der Waals surface area contributed by atoms with Crippen molar-refractivity contribution in [3.05, 3.63) is 63.6 Å². The predicted molar refractivity (Wildman–Crippen MR) is 176 cm³/mol. The van der Waals surface area contributed by atoms with Crippen molar-refractivity contribution >= 4 is 17.7 Å². The van der Waals surface area contributed by atoms with Gasteiger partial charge in [-0.15, -0.1) is 0 Å². The molecule has 258 valence electrons. The number of ether oxygens (including phenoxy) is 2. The largest absolute Gasteiger partial charge is 0.444 e. The van der Waals surface area contributed by atoms with Crippen LogP contribution in [-0.2, 0) is 26.2 Å². The smallest absolute Gasteiger partial charge is 0.410 e. The normalized spacial score (nSPS) is 25.1. The molecule has 3 aliphatic rings. The summed E-state index contributed by atoms with van der Waals surface area (Å²) >= 11 is 0. The first kappa shape index (κ1) is 35.0. The van der Waals surface area contributed by atoms with Gasteiger partial charge in [0.2, 0.25) is 5.91 Å². The molecule has 12 heteroatoms. The Bertz CT molecular complexity index is 1550. The molecule has 2 aromatic rings. The van der Waals surface area contributed by atoms with E-state index in [-0.39, 0.29) is 60.4 Å². The first-order valence-electron chi connectivity index (χ1n) is 16.5. The van der Waals surface area contributed by atoms with Gasteiger partial charge in [-0.1, -0.05) is 19.9 Å². The van der Waals surface area contributed by atoms with Gasteiger partial charge < -0.3 is 23.8 Å². The number of carbonyl (C=O) groups is 2. The monoisotopic (exact) mass is 657 g/mol. The van der Waals surface area contributed by atoms with Crippen LogP contribution in [0.25, 0.3) is 0 Å². The van der Waals surface area contributed by atoms with Gasteiger partial charge in [-0.3, -0.25) is 19.4 Å². The second kappa shape index (κ2) is 13.3. The van der Waals surface area contributed by atoms with Crippen molar-refractivity contribution in [1.29, 1.82) is 0 Å². The van der Waals surface area contributed by atoms with Crippen molar-refractivity contribution < 1.29 is 27.8 Å². The molecule has 3 aliphatic heterocycles. The van der Waals surface area contributed by atoms with Crippen LogP contribution in [0.1, 0.15) is 66.5 Å². The van der Waals surface area contributed by atoms with E-state index in [9.17, 15) is 23.2 Å². The standard InChI is InChI=1S/C35H49F2N5O5/c1-22-13-38(27(15-40-23(2)19-46-20-24(40)3)16-41(22)33(45)47-34(4,5)6)18-32(44)42-21-35(7,8)28-12-31(43)39(17-30(28)42)14-25-9-10-26(36)11-29(25)37/h9-12,17,22-24,27H,13-16,18-21H2,1-8H3/t22-,23-,24-,27+/m1/s1. The Morgan fingerprint density at radius 2 is 1.70 bits per heavy atom. The molecule has 0 spiro atoms. The lowest BCUT2D eigenvalue weighted by molar-refractivity contribution is -0.122. The molecule has 0 N–H and O–H groups in total. The maximum Gasteiger partial charge on any atom is 0.410 e. The summed E-state index contributed by atoms with van der Waals surface area (Å²) in [5.41, 5.74) is 0.0965. The maximum absolute atomic E-state index is 14.5. The van der Waals surface area contributed by atoms with Gasteiger partial charge in [0.25, 0.3) is 5.56 Å². The van der Waals surface area contributed by atoms with Crippen LogP contribution in [0.4, 0.5) is 19.3 Å². The summed E-state index contributed by atoms with van der Waals surface area (Å²) in [6, 6.07) is 4.84. The number of pyridine rings is 1. The second-order valence-corrected chi connectivity index (χ2v) is 15.1. The first-order valence-corrected chi connectivity index (χ1v) is 16.5. The highest BCUT2D eigenvalue weighted by molar-refractivity contribution is 5.97. The van der Waals surface area contributed by atoms with Gasteiger partial charge in [0.05, 0.1) is 32.0 Å². The predicted octanol–water partition coefficient (Wildman–Crippen LogP) is 4.22. The van der Waals surface area contributed by atoms with Crippen LogP contribution in [0, 0.1) is 11.6 Å². The summed E-state index contributed by atoms with van der Waals surface area (Å²) in [7, 11) is 0. The number of anilines is 1. The maximum atomic E-state index is 14.5. The van der Waals surface area contributed by atoms with Crippen LogP contribution in [0.3, 0.4) is 0 Å². The Balaban J connectivity index is 1.41. The molecule has 4 atom stereocenters. The summed E-state index contributed by atoms with van der Waals surface area (Å²) in [5.74, 6) is -1.55. The highest BCUT2D eigenvalue weighted by Gasteiger charge is 2.43. The second-order valence-electron chi connectivity index (χ2n) is 15.1. The number of benzene rings is 1. The van der Waals surface area contributed by atoms with E-state index in [4.69, 9.17) is 9.47 Å². The third kappa shape index (κ3) is 7.70. The van der Waals surface area contributed by atoms with E-state index >= 15 is 0 Å². The summed E-state index contributed by atoms with van der Waals surface area (Å²) in [4.78, 5) is 48.7. The Morgan fingerprint density at radius 3 is 2.34 bits per heavy atom. The number of fused-ring (bicyclic) bond motifs is 1. The van der Waals surface area contributed by atoms with Gasteiger partial charge in [-0.2, -0.15) is 0 Å². The van der Waals surface area contributed by atoms with Crippen LogP contribution in [-0.4, -0.2) is 107 Å². The molecule has 2 amide bonds. The van der Waals surface area contributed by atoms with Gasteiger partial charge in [0, 0.05) is 79.7 Å². The van der Waals surface area contributed by atoms with Crippen LogP contribution in [0.5, 0.6) is 0 Å². The van der Waals surface area contributed by atoms with E-state index < -0.39 is 22.7 Å². The Labute approximate surface area is 276 Å². The van der Waals surface area contributed by atoms with E-state index in [2.05, 4.69) is 23.6 Å². The van der Waals surface area contributed by atoms with Gasteiger partial charge in [-0.05, 0) is 53.2 Å². The van der Waals surface area contributed by atoms with Gasteiger partial charge in [0.15, 0.2) is 0 Å². The third-order valence-corrected chi connectivity index (χ3v) is 9.53. The zero-order valence-electron chi connectivity index (χ0n) is 28.9. The SMILES string of the molecule is C[C@@H]1CN(CC(=O)N2CC(C)(C)c3cc(=O)n(Cc4ccc(F)cc4F)cc32)[C@@H](CN2[C@H](C)COC[C@H]2C)CN1C(=O)OC(C)(C)C. The molecule has 0 unspecified atom stereocenters. The molecular weight excluding hydrogens is 608 g/mol. The fourth-order valence-corrected chi connectivity index (χ4v) is 7.01. The fraction of sp³-hybridized carbons (Fsp3) is 0.629. The van der Waals surface area contributed by atoms with Crippen LogP contribution < -0.4 is 10.5 Å². The molecule has 0 bridgehead atoms. The van der Waals surface area contributed by atoms with Crippen molar-refractivity contribution in [3.8, 4) is 0 Å². The average Bonchev–Trinajstić information content (AvgIpc) is 3.22. The molecule has 47 heavy (non-hydrogen) atoms. The molecule has 0 aliphatic carbocycles. The molecule has 1 aromatic heterocycles. The number of aromatic nitrogens is 1. The van der Waals surface area contributed by atoms with Gasteiger partial charge >= 0.3 is 6.09 Å². The van der Waals surface area contributed by atoms with Crippen molar-refractivity contribution in [2.75, 3.05) is 50.8 Å². The number of rotatable bonds is 6. The van der Waals surface area contributed by atoms with Crippen molar-refractivity contribution in [1.82, 2.24) is 19.3 Å². The Kier molecular flexibility index (Phi) is 9.88. The lowest BCUT2D eigenvalue weighted by atomic mass is 9.87. The third-order valence-electron chi connectivity index (χ3n) is 9.53. The molecule has 10 nitrogen and oxygen atoms in total. The lowest BCUT2D eigenvalue weighted by Gasteiger charge is -2.48. The van der Waals surface area contributed by atoms with Crippen LogP contribution >= 0.6 is 0 Å². The number of hydrogen-bond donors (Lipinski definition) is 0. The number of morpholine rings is 1. The van der Waals surface area contributed by atoms with E-state index in [1.165, 1.54) is 16.7 Å².